The number of hydrogen-bond donors (Lipinski definition) is 1. The van der Waals surface area contributed by atoms with Gasteiger partial charge in [0.15, 0.2) is 11.5 Å². The fourth-order valence-corrected chi connectivity index (χ4v) is 3.62. The van der Waals surface area contributed by atoms with Crippen molar-refractivity contribution in [2.75, 3.05) is 6.61 Å². The van der Waals surface area contributed by atoms with Gasteiger partial charge in [-0.1, -0.05) is 48.0 Å². The molecule has 0 saturated heterocycles. The second-order valence-electron chi connectivity index (χ2n) is 8.01. The Morgan fingerprint density at radius 3 is 2.54 bits per heavy atom. The lowest BCUT2D eigenvalue weighted by Crippen LogP contribution is -2.32. The van der Waals surface area contributed by atoms with Gasteiger partial charge in [0.25, 0.3) is 11.5 Å². The molecular weight excluding hydrogens is 442 g/mol. The molecule has 35 heavy (non-hydrogen) atoms. The van der Waals surface area contributed by atoms with Crippen LogP contribution < -0.4 is 20.3 Å². The van der Waals surface area contributed by atoms with Gasteiger partial charge in [0.2, 0.25) is 5.88 Å². The number of para-hydroxylation sites is 2. The van der Waals surface area contributed by atoms with Crippen molar-refractivity contribution in [3.8, 4) is 17.4 Å². The average Bonchev–Trinajstić information content (AvgIpc) is 2.86. The van der Waals surface area contributed by atoms with Crippen molar-refractivity contribution >= 4 is 5.91 Å². The SMILES string of the molecule is CCOc1ccccc1Oc1ccc(CNC(=O)c2cccn(Cc3cccc(C)c3)c2=O)cn1. The Labute approximate surface area is 204 Å². The van der Waals surface area contributed by atoms with E-state index in [9.17, 15) is 9.59 Å². The van der Waals surface area contributed by atoms with Gasteiger partial charge in [0, 0.05) is 25.0 Å². The molecule has 0 aliphatic carbocycles. The Morgan fingerprint density at radius 2 is 1.80 bits per heavy atom. The Kier molecular flexibility index (Phi) is 7.57. The van der Waals surface area contributed by atoms with Gasteiger partial charge in [-0.25, -0.2) is 4.98 Å². The van der Waals surface area contributed by atoms with E-state index < -0.39 is 5.91 Å². The molecular formula is C28H27N3O4. The van der Waals surface area contributed by atoms with Crippen LogP contribution >= 0.6 is 0 Å². The molecule has 1 amide bonds. The van der Waals surface area contributed by atoms with Crippen LogP contribution in [-0.2, 0) is 13.1 Å². The molecule has 2 heterocycles. The Balaban J connectivity index is 1.39. The monoisotopic (exact) mass is 469 g/mol. The highest BCUT2D eigenvalue weighted by Crippen LogP contribution is 2.30. The molecule has 0 spiro atoms. The lowest BCUT2D eigenvalue weighted by atomic mass is 10.1. The van der Waals surface area contributed by atoms with E-state index in [1.54, 1.807) is 24.5 Å². The van der Waals surface area contributed by atoms with Crippen molar-refractivity contribution < 1.29 is 14.3 Å². The van der Waals surface area contributed by atoms with Crippen LogP contribution in [0.2, 0.25) is 0 Å². The molecule has 178 valence electrons. The summed E-state index contributed by atoms with van der Waals surface area (Å²) in [5.41, 5.74) is 2.66. The van der Waals surface area contributed by atoms with E-state index in [0.29, 0.717) is 30.5 Å². The second-order valence-corrected chi connectivity index (χ2v) is 8.01. The smallest absolute Gasteiger partial charge is 0.263 e. The molecule has 4 aromatic rings. The number of nitrogens with one attached hydrogen (secondary N) is 1. The van der Waals surface area contributed by atoms with E-state index in [1.807, 2.05) is 68.4 Å². The minimum atomic E-state index is -0.431. The maximum atomic E-state index is 12.9. The Morgan fingerprint density at radius 1 is 0.971 bits per heavy atom. The minimum absolute atomic E-state index is 0.0978. The van der Waals surface area contributed by atoms with Crippen LogP contribution in [0.5, 0.6) is 17.4 Å². The Bertz CT molecular complexity index is 1360. The first-order chi connectivity index (χ1) is 17.0. The Hall–Kier alpha value is -4.39. The number of rotatable bonds is 9. The van der Waals surface area contributed by atoms with Crippen LogP contribution in [0, 0.1) is 6.92 Å². The van der Waals surface area contributed by atoms with Crippen molar-refractivity contribution in [3.05, 3.63) is 118 Å². The van der Waals surface area contributed by atoms with Gasteiger partial charge >= 0.3 is 0 Å². The largest absolute Gasteiger partial charge is 0.490 e. The van der Waals surface area contributed by atoms with E-state index in [0.717, 1.165) is 16.7 Å². The van der Waals surface area contributed by atoms with Gasteiger partial charge in [0.05, 0.1) is 13.2 Å². The molecule has 0 aliphatic rings. The van der Waals surface area contributed by atoms with Crippen LogP contribution in [0.3, 0.4) is 0 Å². The number of aryl methyl sites for hydroxylation is 1. The molecule has 0 fully saturated rings. The van der Waals surface area contributed by atoms with E-state index in [-0.39, 0.29) is 17.7 Å². The second kappa shape index (κ2) is 11.2. The van der Waals surface area contributed by atoms with E-state index in [1.165, 1.54) is 10.6 Å². The van der Waals surface area contributed by atoms with Crippen LogP contribution in [0.1, 0.15) is 34.0 Å². The summed E-state index contributed by atoms with van der Waals surface area (Å²) in [4.78, 5) is 29.9. The van der Waals surface area contributed by atoms with Gasteiger partial charge in [-0.3, -0.25) is 9.59 Å². The molecule has 0 saturated carbocycles. The van der Waals surface area contributed by atoms with Gasteiger partial charge in [-0.05, 0) is 49.2 Å². The lowest BCUT2D eigenvalue weighted by Gasteiger charge is -2.11. The highest BCUT2D eigenvalue weighted by atomic mass is 16.5. The van der Waals surface area contributed by atoms with Crippen molar-refractivity contribution in [2.45, 2.75) is 26.9 Å². The van der Waals surface area contributed by atoms with Gasteiger partial charge < -0.3 is 19.4 Å². The van der Waals surface area contributed by atoms with Crippen molar-refractivity contribution in [1.82, 2.24) is 14.9 Å². The fourth-order valence-electron chi connectivity index (χ4n) is 3.62. The number of hydrogen-bond acceptors (Lipinski definition) is 5. The molecule has 1 N–H and O–H groups in total. The number of ether oxygens (including phenoxy) is 2. The molecule has 0 aliphatic heterocycles. The molecule has 4 rings (SSSR count). The zero-order valence-electron chi connectivity index (χ0n) is 19.7. The summed E-state index contributed by atoms with van der Waals surface area (Å²) < 4.78 is 12.9. The number of benzene rings is 2. The summed E-state index contributed by atoms with van der Waals surface area (Å²) in [6.45, 7) is 5.08. The average molecular weight is 470 g/mol. The highest BCUT2D eigenvalue weighted by Gasteiger charge is 2.13. The van der Waals surface area contributed by atoms with Crippen LogP contribution in [0.15, 0.2) is 90.0 Å². The highest BCUT2D eigenvalue weighted by molar-refractivity contribution is 5.93. The number of nitrogens with zero attached hydrogens (tertiary/aromatic N) is 2. The minimum Gasteiger partial charge on any atom is -0.490 e. The quantitative estimate of drug-likeness (QED) is 0.384. The molecule has 7 nitrogen and oxygen atoms in total. The molecule has 0 bridgehead atoms. The van der Waals surface area contributed by atoms with E-state index in [2.05, 4.69) is 10.3 Å². The van der Waals surface area contributed by atoms with Crippen molar-refractivity contribution in [2.24, 2.45) is 0 Å². The number of carbonyl (C=O) groups excluding carboxylic acids is 1. The number of carbonyl (C=O) groups is 1. The van der Waals surface area contributed by atoms with Gasteiger partial charge in [0.1, 0.15) is 5.56 Å². The first kappa shape index (κ1) is 23.8. The standard InChI is InChI=1S/C28H27N3O4/c1-3-34-24-11-4-5-12-25(24)35-26-14-13-22(17-29-26)18-30-27(32)23-10-7-15-31(28(23)33)19-21-9-6-8-20(2)16-21/h4-17H,3,18-19H2,1-2H3,(H,30,32). The summed E-state index contributed by atoms with van der Waals surface area (Å²) in [7, 11) is 0. The van der Waals surface area contributed by atoms with Crippen LogP contribution in [0.4, 0.5) is 0 Å². The molecule has 2 aromatic carbocycles. The maximum absolute atomic E-state index is 12.9. The lowest BCUT2D eigenvalue weighted by molar-refractivity contribution is 0.0948. The third-order valence-electron chi connectivity index (χ3n) is 5.31. The topological polar surface area (TPSA) is 82.5 Å². The summed E-state index contributed by atoms with van der Waals surface area (Å²) in [6, 6.07) is 22.1. The molecule has 0 atom stereocenters. The summed E-state index contributed by atoms with van der Waals surface area (Å²) in [5, 5.41) is 2.80. The zero-order valence-corrected chi connectivity index (χ0v) is 19.7. The zero-order chi connectivity index (χ0) is 24.6. The summed E-state index contributed by atoms with van der Waals surface area (Å²) in [5.74, 6) is 1.20. The first-order valence-corrected chi connectivity index (χ1v) is 11.4. The molecule has 7 heteroatoms. The predicted molar refractivity (Wildman–Crippen MR) is 134 cm³/mol. The molecule has 0 unspecified atom stereocenters. The van der Waals surface area contributed by atoms with Crippen molar-refractivity contribution in [3.63, 3.8) is 0 Å². The number of amides is 1. The fraction of sp³-hybridized carbons (Fsp3) is 0.179. The third kappa shape index (κ3) is 6.14. The normalized spacial score (nSPS) is 10.6. The van der Waals surface area contributed by atoms with E-state index in [4.69, 9.17) is 9.47 Å². The number of pyridine rings is 2. The predicted octanol–water partition coefficient (Wildman–Crippen LogP) is 4.72. The maximum Gasteiger partial charge on any atom is 0.263 e. The van der Waals surface area contributed by atoms with Crippen LogP contribution in [0.25, 0.3) is 0 Å². The molecule has 2 aromatic heterocycles. The summed E-state index contributed by atoms with van der Waals surface area (Å²) >= 11 is 0. The van der Waals surface area contributed by atoms with Crippen molar-refractivity contribution in [1.29, 1.82) is 0 Å². The molecule has 0 radical (unpaired) electrons. The van der Waals surface area contributed by atoms with E-state index >= 15 is 0 Å². The first-order valence-electron chi connectivity index (χ1n) is 11.4. The van der Waals surface area contributed by atoms with Gasteiger partial charge in [-0.2, -0.15) is 0 Å². The van der Waals surface area contributed by atoms with Crippen LogP contribution in [-0.4, -0.2) is 22.1 Å². The third-order valence-corrected chi connectivity index (χ3v) is 5.31. The summed E-state index contributed by atoms with van der Waals surface area (Å²) in [6.07, 6.45) is 3.31. The number of aromatic nitrogens is 2. The van der Waals surface area contributed by atoms with Gasteiger partial charge in [-0.15, -0.1) is 0 Å².